The Hall–Kier alpha value is -1.75. The molecule has 1 amide bonds. The molecule has 1 saturated carbocycles. The zero-order valence-corrected chi connectivity index (χ0v) is 13.8. The molecule has 1 heterocycles. The van der Waals surface area contributed by atoms with E-state index in [9.17, 15) is 4.79 Å². The van der Waals surface area contributed by atoms with Crippen molar-refractivity contribution in [3.8, 4) is 0 Å². The molecule has 0 aromatic heterocycles. The van der Waals surface area contributed by atoms with Gasteiger partial charge in [-0.1, -0.05) is 28.8 Å². The second kappa shape index (κ2) is 6.40. The summed E-state index contributed by atoms with van der Waals surface area (Å²) in [5.41, 5.74) is 10.2. The summed E-state index contributed by atoms with van der Waals surface area (Å²) in [6.07, 6.45) is 1.07. The van der Waals surface area contributed by atoms with Gasteiger partial charge >= 0.3 is 0 Å². The molecule has 7 heteroatoms. The number of azide groups is 1. The Balaban J connectivity index is 1.79. The van der Waals surface area contributed by atoms with Gasteiger partial charge in [-0.15, -0.1) is 0 Å². The Kier molecular flexibility index (Phi) is 4.48. The van der Waals surface area contributed by atoms with E-state index in [1.54, 1.807) is 0 Å². The predicted octanol–water partition coefficient (Wildman–Crippen LogP) is 3.42. The highest BCUT2D eigenvalue weighted by atomic mass is 35.5. The van der Waals surface area contributed by atoms with Crippen molar-refractivity contribution in [3.63, 3.8) is 0 Å². The molecule has 0 N–H and O–H groups in total. The van der Waals surface area contributed by atoms with Crippen LogP contribution in [0.15, 0.2) is 23.3 Å². The van der Waals surface area contributed by atoms with Crippen molar-refractivity contribution in [2.75, 3.05) is 26.3 Å². The highest BCUT2D eigenvalue weighted by Gasteiger charge is 2.50. The molecule has 1 saturated heterocycles. The first kappa shape index (κ1) is 16.1. The fourth-order valence-corrected chi connectivity index (χ4v) is 3.70. The highest BCUT2D eigenvalue weighted by molar-refractivity contribution is 6.31. The van der Waals surface area contributed by atoms with E-state index in [-0.39, 0.29) is 11.8 Å². The van der Waals surface area contributed by atoms with Crippen molar-refractivity contribution in [2.24, 2.45) is 11.0 Å². The summed E-state index contributed by atoms with van der Waals surface area (Å²) in [7, 11) is 0. The fraction of sp³-hybridized carbons (Fsp3) is 0.562. The molecule has 0 bridgehead atoms. The minimum absolute atomic E-state index is 0.100. The lowest BCUT2D eigenvalue weighted by molar-refractivity contribution is -0.145. The van der Waals surface area contributed by atoms with Crippen molar-refractivity contribution in [3.05, 3.63) is 44.8 Å². The lowest BCUT2D eigenvalue weighted by atomic mass is 9.64. The molecule has 0 spiro atoms. The Labute approximate surface area is 140 Å². The summed E-state index contributed by atoms with van der Waals surface area (Å²) >= 11 is 6.20. The summed E-state index contributed by atoms with van der Waals surface area (Å²) in [6, 6.07) is 5.61. The van der Waals surface area contributed by atoms with Crippen LogP contribution in [0.3, 0.4) is 0 Å². The molecule has 1 aromatic rings. The summed E-state index contributed by atoms with van der Waals surface area (Å²) in [5.74, 6) is 0.0359. The van der Waals surface area contributed by atoms with Gasteiger partial charge in [0.15, 0.2) is 0 Å². The van der Waals surface area contributed by atoms with Gasteiger partial charge < -0.3 is 9.64 Å². The van der Waals surface area contributed by atoms with E-state index >= 15 is 0 Å². The molecule has 2 aliphatic rings. The lowest BCUT2D eigenvalue weighted by Crippen LogP contribution is -2.51. The van der Waals surface area contributed by atoms with Crippen LogP contribution in [0.4, 0.5) is 0 Å². The fourth-order valence-electron chi connectivity index (χ4n) is 3.52. The molecular weight excluding hydrogens is 316 g/mol. The van der Waals surface area contributed by atoms with Crippen LogP contribution in [-0.2, 0) is 15.1 Å². The van der Waals surface area contributed by atoms with Crippen LogP contribution in [0.2, 0.25) is 5.02 Å². The minimum Gasteiger partial charge on any atom is -0.378 e. The SMILES string of the molecule is Cc1c(Cl)cccc1C1(N=[N+]=[N-])CC(C(=O)N2CCOCC2)C1. The maximum atomic E-state index is 12.6. The monoisotopic (exact) mass is 334 g/mol. The van der Waals surface area contributed by atoms with Gasteiger partial charge in [-0.05, 0) is 42.5 Å². The average molecular weight is 335 g/mol. The normalized spacial score (nSPS) is 27.0. The van der Waals surface area contributed by atoms with Crippen molar-refractivity contribution >= 4 is 17.5 Å². The van der Waals surface area contributed by atoms with Crippen molar-refractivity contribution in [1.29, 1.82) is 0 Å². The Morgan fingerprint density at radius 3 is 2.78 bits per heavy atom. The van der Waals surface area contributed by atoms with Gasteiger partial charge in [0, 0.05) is 28.9 Å². The third-order valence-corrected chi connectivity index (χ3v) is 5.25. The maximum absolute atomic E-state index is 12.6. The van der Waals surface area contributed by atoms with E-state index in [1.807, 2.05) is 30.0 Å². The molecule has 0 radical (unpaired) electrons. The smallest absolute Gasteiger partial charge is 0.225 e. The molecule has 2 fully saturated rings. The molecule has 1 aliphatic heterocycles. The largest absolute Gasteiger partial charge is 0.378 e. The van der Waals surface area contributed by atoms with E-state index < -0.39 is 5.54 Å². The van der Waals surface area contributed by atoms with E-state index in [0.29, 0.717) is 44.2 Å². The number of amides is 1. The number of ether oxygens (including phenoxy) is 1. The second-order valence-corrected chi connectivity index (χ2v) is 6.58. The van der Waals surface area contributed by atoms with Gasteiger partial charge in [0.25, 0.3) is 0 Å². The number of carbonyl (C=O) groups excluding carboxylic acids is 1. The van der Waals surface area contributed by atoms with Crippen LogP contribution >= 0.6 is 11.6 Å². The number of carbonyl (C=O) groups is 1. The predicted molar refractivity (Wildman–Crippen MR) is 87.1 cm³/mol. The van der Waals surface area contributed by atoms with Gasteiger partial charge in [0.2, 0.25) is 5.91 Å². The molecule has 1 aromatic carbocycles. The maximum Gasteiger partial charge on any atom is 0.225 e. The van der Waals surface area contributed by atoms with Gasteiger partial charge in [-0.2, -0.15) is 0 Å². The van der Waals surface area contributed by atoms with Crippen LogP contribution < -0.4 is 0 Å². The van der Waals surface area contributed by atoms with Crippen LogP contribution in [-0.4, -0.2) is 37.1 Å². The highest BCUT2D eigenvalue weighted by Crippen LogP contribution is 2.51. The minimum atomic E-state index is -0.656. The van der Waals surface area contributed by atoms with Gasteiger partial charge in [-0.3, -0.25) is 4.79 Å². The second-order valence-electron chi connectivity index (χ2n) is 6.18. The summed E-state index contributed by atoms with van der Waals surface area (Å²) in [4.78, 5) is 17.4. The lowest BCUT2D eigenvalue weighted by Gasteiger charge is -2.46. The Bertz CT molecular complexity index is 660. The zero-order chi connectivity index (χ0) is 16.4. The van der Waals surface area contributed by atoms with Gasteiger partial charge in [-0.25, -0.2) is 0 Å². The topological polar surface area (TPSA) is 78.3 Å². The quantitative estimate of drug-likeness (QED) is 0.482. The summed E-state index contributed by atoms with van der Waals surface area (Å²) in [5, 5.41) is 4.69. The van der Waals surface area contributed by atoms with E-state index in [0.717, 1.165) is 11.1 Å². The molecule has 0 unspecified atom stereocenters. The molecule has 3 rings (SSSR count). The van der Waals surface area contributed by atoms with Crippen LogP contribution in [0.1, 0.15) is 24.0 Å². The standard InChI is InChI=1S/C16H19ClN4O2/c1-11-13(3-2-4-14(11)17)16(19-20-18)9-12(10-16)15(22)21-5-7-23-8-6-21/h2-4,12H,5-10H2,1H3. The van der Waals surface area contributed by atoms with Crippen molar-refractivity contribution < 1.29 is 9.53 Å². The van der Waals surface area contributed by atoms with E-state index in [4.69, 9.17) is 21.9 Å². The van der Waals surface area contributed by atoms with Crippen LogP contribution in [0.25, 0.3) is 10.4 Å². The number of nitrogens with zero attached hydrogens (tertiary/aromatic N) is 4. The first-order valence-electron chi connectivity index (χ1n) is 7.76. The Morgan fingerprint density at radius 1 is 1.43 bits per heavy atom. The molecule has 122 valence electrons. The van der Waals surface area contributed by atoms with E-state index in [2.05, 4.69) is 10.0 Å². The van der Waals surface area contributed by atoms with Gasteiger partial charge in [0.05, 0.1) is 18.8 Å². The van der Waals surface area contributed by atoms with E-state index in [1.165, 1.54) is 0 Å². The average Bonchev–Trinajstić information content (AvgIpc) is 2.54. The third-order valence-electron chi connectivity index (χ3n) is 4.85. The third kappa shape index (κ3) is 2.90. The Morgan fingerprint density at radius 2 is 2.13 bits per heavy atom. The van der Waals surface area contributed by atoms with Crippen LogP contribution in [0.5, 0.6) is 0 Å². The summed E-state index contributed by atoms with van der Waals surface area (Å²) < 4.78 is 5.28. The number of halogens is 1. The molecule has 6 nitrogen and oxygen atoms in total. The molecular formula is C16H19ClN4O2. The molecule has 0 atom stereocenters. The summed E-state index contributed by atoms with van der Waals surface area (Å²) in [6.45, 7) is 4.38. The van der Waals surface area contributed by atoms with Crippen molar-refractivity contribution in [2.45, 2.75) is 25.3 Å². The number of hydrogen-bond donors (Lipinski definition) is 0. The van der Waals surface area contributed by atoms with Crippen molar-refractivity contribution in [1.82, 2.24) is 4.90 Å². The number of hydrogen-bond acceptors (Lipinski definition) is 3. The van der Waals surface area contributed by atoms with Gasteiger partial charge in [0.1, 0.15) is 0 Å². The molecule has 23 heavy (non-hydrogen) atoms. The first-order valence-corrected chi connectivity index (χ1v) is 8.13. The van der Waals surface area contributed by atoms with Crippen LogP contribution in [0, 0.1) is 12.8 Å². The number of benzene rings is 1. The first-order chi connectivity index (χ1) is 11.1. The molecule has 1 aliphatic carbocycles. The number of morpholine rings is 1. The number of rotatable bonds is 3. The zero-order valence-electron chi connectivity index (χ0n) is 13.0.